The van der Waals surface area contributed by atoms with Gasteiger partial charge in [-0.3, -0.25) is 4.79 Å². The van der Waals surface area contributed by atoms with Crippen molar-refractivity contribution in [2.24, 2.45) is 0 Å². The number of rotatable bonds is 2. The second kappa shape index (κ2) is 4.64. The average Bonchev–Trinajstić information content (AvgIpc) is 2.30. The zero-order valence-corrected chi connectivity index (χ0v) is 10.5. The molecule has 2 aromatic rings. The van der Waals surface area contributed by atoms with Gasteiger partial charge < -0.3 is 0 Å². The molecule has 18 heavy (non-hydrogen) atoms. The highest BCUT2D eigenvalue weighted by molar-refractivity contribution is 6.09. The van der Waals surface area contributed by atoms with Crippen LogP contribution in [0, 0.1) is 26.6 Å². The molecule has 0 saturated carbocycles. The second-order valence-electron chi connectivity index (χ2n) is 4.33. The first-order valence-corrected chi connectivity index (χ1v) is 5.60. The number of carbonyl (C=O) groups excluding carboxylic acids is 1. The van der Waals surface area contributed by atoms with Gasteiger partial charge in [0.2, 0.25) is 0 Å². The molecular formula is C14H13FN2O. The van der Waals surface area contributed by atoms with Gasteiger partial charge in [0.05, 0.1) is 11.4 Å². The van der Waals surface area contributed by atoms with Crippen molar-refractivity contribution in [1.29, 1.82) is 0 Å². The molecule has 4 heteroatoms. The van der Waals surface area contributed by atoms with E-state index >= 15 is 0 Å². The van der Waals surface area contributed by atoms with Crippen LogP contribution in [0.5, 0.6) is 0 Å². The maximum absolute atomic E-state index is 13.3. The first-order valence-electron chi connectivity index (χ1n) is 5.60. The maximum Gasteiger partial charge on any atom is 0.195 e. The lowest BCUT2D eigenvalue weighted by Gasteiger charge is -2.06. The number of hydrogen-bond donors (Lipinski definition) is 0. The minimum Gasteiger partial charge on any atom is -0.289 e. The van der Waals surface area contributed by atoms with Crippen LogP contribution in [-0.4, -0.2) is 16.0 Å². The molecule has 0 aliphatic carbocycles. The van der Waals surface area contributed by atoms with E-state index in [1.165, 1.54) is 12.1 Å². The molecule has 2 rings (SSSR count). The van der Waals surface area contributed by atoms with E-state index in [1.54, 1.807) is 32.9 Å². The van der Waals surface area contributed by atoms with Crippen LogP contribution in [0.2, 0.25) is 0 Å². The highest BCUT2D eigenvalue weighted by Crippen LogP contribution is 2.15. The van der Waals surface area contributed by atoms with Crippen LogP contribution in [0.25, 0.3) is 0 Å². The van der Waals surface area contributed by atoms with Gasteiger partial charge in [-0.15, -0.1) is 0 Å². The summed E-state index contributed by atoms with van der Waals surface area (Å²) in [4.78, 5) is 12.3. The molecule has 0 aliphatic heterocycles. The standard InChI is InChI=1S/C14H13FN2O/c1-8-4-11(7-12(15)5-8)14(18)13-6-9(2)16-17-10(13)3/h4-7H,1-3H3. The molecule has 0 amide bonds. The first-order chi connectivity index (χ1) is 8.47. The van der Waals surface area contributed by atoms with E-state index in [-0.39, 0.29) is 5.78 Å². The third kappa shape index (κ3) is 2.42. The molecule has 0 N–H and O–H groups in total. The van der Waals surface area contributed by atoms with E-state index < -0.39 is 5.82 Å². The van der Waals surface area contributed by atoms with Gasteiger partial charge in [0.25, 0.3) is 0 Å². The summed E-state index contributed by atoms with van der Waals surface area (Å²) in [7, 11) is 0. The summed E-state index contributed by atoms with van der Waals surface area (Å²) in [5.41, 5.74) is 2.73. The SMILES string of the molecule is Cc1cc(F)cc(C(=O)c2cc(C)nnc2C)c1. The van der Waals surface area contributed by atoms with Crippen LogP contribution in [0.3, 0.4) is 0 Å². The van der Waals surface area contributed by atoms with Gasteiger partial charge in [0, 0.05) is 11.1 Å². The molecule has 3 nitrogen and oxygen atoms in total. The first kappa shape index (κ1) is 12.4. The Kier molecular flexibility index (Phi) is 3.19. The molecule has 0 unspecified atom stereocenters. The minimum atomic E-state index is -0.408. The zero-order chi connectivity index (χ0) is 13.3. The molecule has 1 heterocycles. The summed E-state index contributed by atoms with van der Waals surface area (Å²) in [6.07, 6.45) is 0. The number of hydrogen-bond acceptors (Lipinski definition) is 3. The molecule has 1 aromatic heterocycles. The monoisotopic (exact) mass is 244 g/mol. The minimum absolute atomic E-state index is 0.229. The number of aryl methyl sites for hydroxylation is 3. The average molecular weight is 244 g/mol. The van der Waals surface area contributed by atoms with Gasteiger partial charge in [-0.1, -0.05) is 0 Å². The topological polar surface area (TPSA) is 42.9 Å². The Morgan fingerprint density at radius 2 is 1.78 bits per heavy atom. The lowest BCUT2D eigenvalue weighted by Crippen LogP contribution is -2.07. The molecule has 0 bridgehead atoms. The van der Waals surface area contributed by atoms with Crippen molar-refractivity contribution in [3.63, 3.8) is 0 Å². The van der Waals surface area contributed by atoms with Crippen LogP contribution < -0.4 is 0 Å². The Hall–Kier alpha value is -2.10. The fourth-order valence-corrected chi connectivity index (χ4v) is 1.80. The lowest BCUT2D eigenvalue weighted by molar-refractivity contribution is 0.103. The zero-order valence-electron chi connectivity index (χ0n) is 10.5. The van der Waals surface area contributed by atoms with Crippen LogP contribution in [0.4, 0.5) is 4.39 Å². The molecule has 0 radical (unpaired) electrons. The Bertz CT molecular complexity index is 603. The molecule has 1 aromatic carbocycles. The van der Waals surface area contributed by atoms with Crippen molar-refractivity contribution >= 4 is 5.78 Å². The number of benzene rings is 1. The van der Waals surface area contributed by atoms with Crippen molar-refractivity contribution in [1.82, 2.24) is 10.2 Å². The van der Waals surface area contributed by atoms with E-state index in [1.807, 2.05) is 0 Å². The van der Waals surface area contributed by atoms with E-state index in [2.05, 4.69) is 10.2 Å². The van der Waals surface area contributed by atoms with Crippen molar-refractivity contribution < 1.29 is 9.18 Å². The van der Waals surface area contributed by atoms with Gasteiger partial charge in [-0.25, -0.2) is 4.39 Å². The maximum atomic E-state index is 13.3. The predicted molar refractivity (Wildman–Crippen MR) is 66.1 cm³/mol. The molecular weight excluding hydrogens is 231 g/mol. The molecule has 0 atom stereocenters. The van der Waals surface area contributed by atoms with Crippen LogP contribution in [0.15, 0.2) is 24.3 Å². The Morgan fingerprint density at radius 1 is 1.06 bits per heavy atom. The fraction of sp³-hybridized carbons (Fsp3) is 0.214. The molecule has 0 spiro atoms. The summed E-state index contributed by atoms with van der Waals surface area (Å²) in [5.74, 6) is -0.636. The Morgan fingerprint density at radius 3 is 2.44 bits per heavy atom. The Labute approximate surface area is 105 Å². The number of aromatic nitrogens is 2. The smallest absolute Gasteiger partial charge is 0.195 e. The predicted octanol–water partition coefficient (Wildman–Crippen LogP) is 2.77. The van der Waals surface area contributed by atoms with Gasteiger partial charge in [-0.2, -0.15) is 10.2 Å². The van der Waals surface area contributed by atoms with Crippen molar-refractivity contribution in [2.45, 2.75) is 20.8 Å². The highest BCUT2D eigenvalue weighted by Gasteiger charge is 2.14. The highest BCUT2D eigenvalue weighted by atomic mass is 19.1. The molecule has 0 fully saturated rings. The van der Waals surface area contributed by atoms with E-state index in [0.29, 0.717) is 22.5 Å². The van der Waals surface area contributed by atoms with E-state index in [9.17, 15) is 9.18 Å². The summed E-state index contributed by atoms with van der Waals surface area (Å²) in [5, 5.41) is 7.78. The summed E-state index contributed by atoms with van der Waals surface area (Å²) in [6, 6.07) is 5.97. The second-order valence-corrected chi connectivity index (χ2v) is 4.33. The van der Waals surface area contributed by atoms with Gasteiger partial charge in [0.1, 0.15) is 5.82 Å². The number of nitrogens with zero attached hydrogens (tertiary/aromatic N) is 2. The summed E-state index contributed by atoms with van der Waals surface area (Å²) < 4.78 is 13.3. The summed E-state index contributed by atoms with van der Waals surface area (Å²) >= 11 is 0. The van der Waals surface area contributed by atoms with Crippen molar-refractivity contribution in [3.8, 4) is 0 Å². The van der Waals surface area contributed by atoms with Crippen molar-refractivity contribution in [2.75, 3.05) is 0 Å². The largest absolute Gasteiger partial charge is 0.289 e. The van der Waals surface area contributed by atoms with E-state index in [0.717, 1.165) is 5.56 Å². The van der Waals surface area contributed by atoms with Crippen LogP contribution >= 0.6 is 0 Å². The molecule has 0 saturated heterocycles. The Balaban J connectivity index is 2.51. The molecule has 92 valence electrons. The third-order valence-electron chi connectivity index (χ3n) is 2.65. The van der Waals surface area contributed by atoms with Crippen LogP contribution in [-0.2, 0) is 0 Å². The number of carbonyl (C=O) groups is 1. The fourth-order valence-electron chi connectivity index (χ4n) is 1.80. The number of ketones is 1. The quantitative estimate of drug-likeness (QED) is 0.763. The lowest BCUT2D eigenvalue weighted by atomic mass is 10.0. The van der Waals surface area contributed by atoms with E-state index in [4.69, 9.17) is 0 Å². The van der Waals surface area contributed by atoms with Gasteiger partial charge in [-0.05, 0) is 50.6 Å². The number of halogens is 1. The third-order valence-corrected chi connectivity index (χ3v) is 2.65. The van der Waals surface area contributed by atoms with Gasteiger partial charge >= 0.3 is 0 Å². The van der Waals surface area contributed by atoms with Crippen LogP contribution in [0.1, 0.15) is 32.9 Å². The summed E-state index contributed by atoms with van der Waals surface area (Å²) in [6.45, 7) is 5.23. The van der Waals surface area contributed by atoms with Gasteiger partial charge in [0.15, 0.2) is 5.78 Å². The normalized spacial score (nSPS) is 10.4. The van der Waals surface area contributed by atoms with Crippen molar-refractivity contribution in [3.05, 3.63) is 58.2 Å². The molecule has 0 aliphatic rings.